The maximum Gasteiger partial charge on any atom is 0.358 e. The lowest BCUT2D eigenvalue weighted by atomic mass is 10.1. The molecule has 0 aromatic carbocycles. The Morgan fingerprint density at radius 2 is 2.07 bits per heavy atom. The van der Waals surface area contributed by atoms with Crippen LogP contribution in [0.5, 0.6) is 0 Å². The number of nitrogens with zero attached hydrogens (tertiary/aromatic N) is 4. The molecule has 1 N–H and O–H groups in total. The predicted molar refractivity (Wildman–Crippen MR) is 51.2 cm³/mol. The Bertz CT molecular complexity index is 492. The number of aromatic carboxylic acids is 1. The molecule has 2 aromatic rings. The molecule has 2 aromatic heterocycles. The summed E-state index contributed by atoms with van der Waals surface area (Å²) >= 11 is 0. The molecule has 0 spiro atoms. The molecule has 2 heterocycles. The number of carboxylic acids is 1. The molecular formula is C9H8N4O2. The summed E-state index contributed by atoms with van der Waals surface area (Å²) in [5, 5.41) is 16.2. The fraction of sp³-hybridized carbons (Fsp3) is 0.111. The van der Waals surface area contributed by atoms with Gasteiger partial charge in [0.1, 0.15) is 5.69 Å². The third-order valence-electron chi connectivity index (χ3n) is 1.98. The average Bonchev–Trinajstić information content (AvgIpc) is 2.61. The summed E-state index contributed by atoms with van der Waals surface area (Å²) in [6.07, 6.45) is 3.18. The second kappa shape index (κ2) is 3.49. The van der Waals surface area contributed by atoms with Crippen molar-refractivity contribution >= 4 is 5.97 Å². The van der Waals surface area contributed by atoms with E-state index in [4.69, 9.17) is 5.11 Å². The molecule has 0 saturated carbocycles. The van der Waals surface area contributed by atoms with E-state index in [2.05, 4.69) is 15.3 Å². The second-order valence-electron chi connectivity index (χ2n) is 2.95. The average molecular weight is 204 g/mol. The fourth-order valence-corrected chi connectivity index (χ4v) is 1.33. The number of hydrogen-bond acceptors (Lipinski definition) is 4. The molecular weight excluding hydrogens is 196 g/mol. The van der Waals surface area contributed by atoms with Crippen LogP contribution >= 0.6 is 0 Å². The van der Waals surface area contributed by atoms with Crippen LogP contribution in [0.4, 0.5) is 0 Å². The van der Waals surface area contributed by atoms with E-state index in [1.165, 1.54) is 4.68 Å². The van der Waals surface area contributed by atoms with Gasteiger partial charge in [0.15, 0.2) is 5.69 Å². The molecule has 0 amide bonds. The summed E-state index contributed by atoms with van der Waals surface area (Å²) in [6, 6.07) is 3.43. The van der Waals surface area contributed by atoms with Crippen LogP contribution in [-0.2, 0) is 7.05 Å². The van der Waals surface area contributed by atoms with Gasteiger partial charge in [0.25, 0.3) is 0 Å². The van der Waals surface area contributed by atoms with Gasteiger partial charge >= 0.3 is 5.97 Å². The molecule has 0 radical (unpaired) electrons. The Labute approximate surface area is 85.2 Å². The van der Waals surface area contributed by atoms with E-state index < -0.39 is 5.97 Å². The summed E-state index contributed by atoms with van der Waals surface area (Å²) in [5.74, 6) is -1.09. The first-order valence-electron chi connectivity index (χ1n) is 4.23. The van der Waals surface area contributed by atoms with Crippen molar-refractivity contribution in [1.82, 2.24) is 20.0 Å². The highest BCUT2D eigenvalue weighted by Crippen LogP contribution is 2.20. The van der Waals surface area contributed by atoms with Crippen LogP contribution in [0.2, 0.25) is 0 Å². The number of rotatable bonds is 2. The van der Waals surface area contributed by atoms with Crippen LogP contribution < -0.4 is 0 Å². The Morgan fingerprint density at radius 1 is 1.40 bits per heavy atom. The first-order valence-corrected chi connectivity index (χ1v) is 4.23. The summed E-state index contributed by atoms with van der Waals surface area (Å²) in [5.41, 5.74) is 1.16. The Kier molecular flexibility index (Phi) is 2.17. The monoisotopic (exact) mass is 204 g/mol. The topological polar surface area (TPSA) is 80.9 Å². The van der Waals surface area contributed by atoms with Crippen LogP contribution in [0, 0.1) is 0 Å². The van der Waals surface area contributed by atoms with Gasteiger partial charge in [-0.3, -0.25) is 4.98 Å². The first-order chi connectivity index (χ1) is 7.20. The lowest BCUT2D eigenvalue weighted by Gasteiger charge is -2.00. The highest BCUT2D eigenvalue weighted by atomic mass is 16.4. The highest BCUT2D eigenvalue weighted by molar-refractivity contribution is 5.92. The smallest absolute Gasteiger partial charge is 0.358 e. The van der Waals surface area contributed by atoms with Crippen LogP contribution in [0.3, 0.4) is 0 Å². The predicted octanol–water partition coefficient (Wildman–Crippen LogP) is 0.575. The SMILES string of the molecule is Cn1nnc(C(=O)O)c1-c1ccncc1. The second-order valence-corrected chi connectivity index (χ2v) is 2.95. The first kappa shape index (κ1) is 9.32. The van der Waals surface area contributed by atoms with Crippen molar-refractivity contribution in [2.24, 2.45) is 7.05 Å². The molecule has 0 bridgehead atoms. The van der Waals surface area contributed by atoms with Crippen LogP contribution in [0.1, 0.15) is 10.5 Å². The molecule has 0 aliphatic heterocycles. The van der Waals surface area contributed by atoms with Crippen molar-refractivity contribution in [1.29, 1.82) is 0 Å². The van der Waals surface area contributed by atoms with E-state index in [1.807, 2.05) is 0 Å². The van der Waals surface area contributed by atoms with Crippen molar-refractivity contribution < 1.29 is 9.90 Å². The zero-order valence-electron chi connectivity index (χ0n) is 7.95. The normalized spacial score (nSPS) is 10.2. The minimum atomic E-state index is -1.09. The molecule has 76 valence electrons. The van der Waals surface area contributed by atoms with Gasteiger partial charge in [0.05, 0.1) is 0 Å². The molecule has 6 nitrogen and oxygen atoms in total. The number of carbonyl (C=O) groups is 1. The van der Waals surface area contributed by atoms with E-state index in [-0.39, 0.29) is 5.69 Å². The van der Waals surface area contributed by atoms with E-state index in [0.717, 1.165) is 5.56 Å². The molecule has 2 rings (SSSR count). The summed E-state index contributed by atoms with van der Waals surface area (Å²) < 4.78 is 1.43. The summed E-state index contributed by atoms with van der Waals surface area (Å²) in [7, 11) is 1.65. The van der Waals surface area contributed by atoms with E-state index in [1.54, 1.807) is 31.6 Å². The molecule has 0 saturated heterocycles. The molecule has 0 fully saturated rings. The number of aromatic nitrogens is 4. The number of aryl methyl sites for hydroxylation is 1. The van der Waals surface area contributed by atoms with Crippen molar-refractivity contribution in [3.05, 3.63) is 30.2 Å². The standard InChI is InChI=1S/C9H8N4O2/c1-13-8(6-2-4-10-5-3-6)7(9(14)15)11-12-13/h2-5H,1H3,(H,14,15). The summed E-state index contributed by atoms with van der Waals surface area (Å²) in [4.78, 5) is 14.7. The maximum absolute atomic E-state index is 10.9. The molecule has 0 aliphatic rings. The molecule has 0 atom stereocenters. The Balaban J connectivity index is 2.62. The van der Waals surface area contributed by atoms with E-state index >= 15 is 0 Å². The minimum Gasteiger partial charge on any atom is -0.476 e. The third kappa shape index (κ3) is 1.56. The number of carboxylic acid groups (broad SMARTS) is 1. The fourth-order valence-electron chi connectivity index (χ4n) is 1.33. The van der Waals surface area contributed by atoms with Gasteiger partial charge in [0, 0.05) is 25.0 Å². The largest absolute Gasteiger partial charge is 0.476 e. The Hall–Kier alpha value is -2.24. The van der Waals surface area contributed by atoms with Crippen molar-refractivity contribution in [3.63, 3.8) is 0 Å². The lowest BCUT2D eigenvalue weighted by molar-refractivity contribution is 0.0691. The Morgan fingerprint density at radius 3 is 2.67 bits per heavy atom. The number of hydrogen-bond donors (Lipinski definition) is 1. The van der Waals surface area contributed by atoms with Crippen molar-refractivity contribution in [3.8, 4) is 11.3 Å². The van der Waals surface area contributed by atoms with Gasteiger partial charge in [-0.05, 0) is 12.1 Å². The van der Waals surface area contributed by atoms with E-state index in [9.17, 15) is 4.79 Å². The van der Waals surface area contributed by atoms with Crippen LogP contribution in [-0.4, -0.2) is 31.1 Å². The highest BCUT2D eigenvalue weighted by Gasteiger charge is 2.18. The quantitative estimate of drug-likeness (QED) is 0.773. The van der Waals surface area contributed by atoms with Gasteiger partial charge in [-0.2, -0.15) is 0 Å². The lowest BCUT2D eigenvalue weighted by Crippen LogP contribution is -2.01. The molecule has 6 heteroatoms. The number of pyridine rings is 1. The van der Waals surface area contributed by atoms with Crippen molar-refractivity contribution in [2.45, 2.75) is 0 Å². The van der Waals surface area contributed by atoms with Gasteiger partial charge < -0.3 is 5.11 Å². The molecule has 0 aliphatic carbocycles. The van der Waals surface area contributed by atoms with Gasteiger partial charge in [0.2, 0.25) is 0 Å². The van der Waals surface area contributed by atoms with Gasteiger partial charge in [-0.25, -0.2) is 9.48 Å². The van der Waals surface area contributed by atoms with Crippen molar-refractivity contribution in [2.75, 3.05) is 0 Å². The van der Waals surface area contributed by atoms with Crippen LogP contribution in [0.25, 0.3) is 11.3 Å². The maximum atomic E-state index is 10.9. The van der Waals surface area contributed by atoms with Gasteiger partial charge in [-0.15, -0.1) is 5.10 Å². The zero-order valence-corrected chi connectivity index (χ0v) is 7.95. The van der Waals surface area contributed by atoms with E-state index in [0.29, 0.717) is 5.69 Å². The minimum absolute atomic E-state index is 0.0521. The molecule has 15 heavy (non-hydrogen) atoms. The van der Waals surface area contributed by atoms with Gasteiger partial charge in [-0.1, -0.05) is 5.21 Å². The molecule has 0 unspecified atom stereocenters. The third-order valence-corrected chi connectivity index (χ3v) is 1.98. The van der Waals surface area contributed by atoms with Crippen LogP contribution in [0.15, 0.2) is 24.5 Å². The summed E-state index contributed by atoms with van der Waals surface area (Å²) in [6.45, 7) is 0. The zero-order chi connectivity index (χ0) is 10.8.